The second-order valence-electron chi connectivity index (χ2n) is 20.9. The maximum Gasteiger partial charge on any atom is 0.306 e. The summed E-state index contributed by atoms with van der Waals surface area (Å²) in [5.74, 6) is 0.839. The molecule has 0 unspecified atom stereocenters. The van der Waals surface area contributed by atoms with Crippen LogP contribution in [0.2, 0.25) is 0 Å². The van der Waals surface area contributed by atoms with Crippen molar-refractivity contribution in [2.45, 2.75) is 330 Å². The monoisotopic (exact) mass is 905 g/mol. The van der Waals surface area contributed by atoms with Crippen molar-refractivity contribution >= 4 is 17.9 Å². The Morgan fingerprint density at radius 3 is 0.766 bits per heavy atom. The minimum atomic E-state index is -0.762. The molecule has 0 fully saturated rings. The van der Waals surface area contributed by atoms with Gasteiger partial charge in [-0.05, 0) is 31.1 Å². The van der Waals surface area contributed by atoms with E-state index < -0.39 is 6.10 Å². The standard InChI is InChI=1S/C58H112O6/c1-6-7-8-9-10-11-12-17-23-28-33-38-43-48-56(59)62-51-55(52-63-57(60)49-44-39-34-29-25-20-22-27-32-37-42-47-54(4)5)64-58(61)50-45-40-35-30-24-19-16-14-13-15-18-21-26-31-36-41-46-53(2)3/h53-55H,6-52H2,1-5H3/t55-/m0/s1. The molecule has 0 saturated carbocycles. The first-order valence-electron chi connectivity index (χ1n) is 28.7. The van der Waals surface area contributed by atoms with E-state index in [1.54, 1.807) is 0 Å². The van der Waals surface area contributed by atoms with Gasteiger partial charge in [0.2, 0.25) is 0 Å². The van der Waals surface area contributed by atoms with Crippen LogP contribution in [-0.4, -0.2) is 37.2 Å². The van der Waals surface area contributed by atoms with E-state index in [1.165, 1.54) is 212 Å². The summed E-state index contributed by atoms with van der Waals surface area (Å²) < 4.78 is 16.9. The molecule has 64 heavy (non-hydrogen) atoms. The SMILES string of the molecule is CCCCCCCCCCCCCCCC(=O)OC[C@@H](COC(=O)CCCCCCCCCCCCCC(C)C)OC(=O)CCCCCCCCCCCCCCCCCCC(C)C. The van der Waals surface area contributed by atoms with E-state index in [0.29, 0.717) is 19.3 Å². The third-order valence-corrected chi connectivity index (χ3v) is 13.2. The topological polar surface area (TPSA) is 78.9 Å². The fraction of sp³-hybridized carbons (Fsp3) is 0.948. The Hall–Kier alpha value is -1.59. The molecular weight excluding hydrogens is 793 g/mol. The lowest BCUT2D eigenvalue weighted by molar-refractivity contribution is -0.167. The van der Waals surface area contributed by atoms with Crippen LogP contribution in [-0.2, 0) is 28.6 Å². The zero-order valence-corrected chi connectivity index (χ0v) is 43.9. The number of hydrogen-bond donors (Lipinski definition) is 0. The highest BCUT2D eigenvalue weighted by atomic mass is 16.6. The van der Waals surface area contributed by atoms with Crippen LogP contribution >= 0.6 is 0 Å². The van der Waals surface area contributed by atoms with Crippen molar-refractivity contribution in [3.63, 3.8) is 0 Å². The van der Waals surface area contributed by atoms with Crippen molar-refractivity contribution in [2.75, 3.05) is 13.2 Å². The molecule has 0 aliphatic rings. The van der Waals surface area contributed by atoms with Crippen LogP contribution in [0.3, 0.4) is 0 Å². The van der Waals surface area contributed by atoms with Gasteiger partial charge in [-0.3, -0.25) is 14.4 Å². The first kappa shape index (κ1) is 62.4. The minimum absolute atomic E-state index is 0.0627. The van der Waals surface area contributed by atoms with Crippen molar-refractivity contribution in [1.29, 1.82) is 0 Å². The van der Waals surface area contributed by atoms with E-state index in [0.717, 1.165) is 69.6 Å². The summed E-state index contributed by atoms with van der Waals surface area (Å²) >= 11 is 0. The summed E-state index contributed by atoms with van der Waals surface area (Å²) in [6.45, 7) is 11.4. The van der Waals surface area contributed by atoms with Crippen LogP contribution < -0.4 is 0 Å². The van der Waals surface area contributed by atoms with Gasteiger partial charge in [-0.1, -0.05) is 285 Å². The van der Waals surface area contributed by atoms with Crippen molar-refractivity contribution in [2.24, 2.45) is 11.8 Å². The maximum atomic E-state index is 12.9. The Morgan fingerprint density at radius 1 is 0.297 bits per heavy atom. The largest absolute Gasteiger partial charge is 0.462 e. The van der Waals surface area contributed by atoms with Crippen molar-refractivity contribution in [3.8, 4) is 0 Å². The molecule has 0 saturated heterocycles. The second-order valence-corrected chi connectivity index (χ2v) is 20.9. The Morgan fingerprint density at radius 2 is 0.516 bits per heavy atom. The lowest BCUT2D eigenvalue weighted by Crippen LogP contribution is -2.30. The second kappa shape index (κ2) is 50.8. The van der Waals surface area contributed by atoms with Gasteiger partial charge >= 0.3 is 17.9 Å². The number of esters is 3. The van der Waals surface area contributed by atoms with Crippen LogP contribution in [0.25, 0.3) is 0 Å². The molecule has 380 valence electrons. The molecule has 0 amide bonds. The molecular formula is C58H112O6. The van der Waals surface area contributed by atoms with Gasteiger partial charge in [0.15, 0.2) is 6.10 Å². The predicted molar refractivity (Wildman–Crippen MR) is 275 cm³/mol. The van der Waals surface area contributed by atoms with Crippen LogP contribution in [0, 0.1) is 11.8 Å². The van der Waals surface area contributed by atoms with Crippen molar-refractivity contribution < 1.29 is 28.6 Å². The van der Waals surface area contributed by atoms with Gasteiger partial charge in [0.1, 0.15) is 13.2 Å². The fourth-order valence-corrected chi connectivity index (χ4v) is 8.87. The van der Waals surface area contributed by atoms with Gasteiger partial charge in [-0.25, -0.2) is 0 Å². The van der Waals surface area contributed by atoms with Crippen LogP contribution in [0.1, 0.15) is 324 Å². The molecule has 6 heteroatoms. The molecule has 0 bridgehead atoms. The highest BCUT2D eigenvalue weighted by Gasteiger charge is 2.19. The molecule has 1 atom stereocenters. The van der Waals surface area contributed by atoms with Crippen molar-refractivity contribution in [3.05, 3.63) is 0 Å². The molecule has 0 aromatic carbocycles. The number of hydrogen-bond acceptors (Lipinski definition) is 6. The average Bonchev–Trinajstić information content (AvgIpc) is 3.27. The van der Waals surface area contributed by atoms with E-state index in [9.17, 15) is 14.4 Å². The van der Waals surface area contributed by atoms with E-state index in [1.807, 2.05) is 0 Å². The van der Waals surface area contributed by atoms with Gasteiger partial charge in [0.05, 0.1) is 0 Å². The molecule has 0 aromatic rings. The quantitative estimate of drug-likeness (QED) is 0.0344. The number of carbonyl (C=O) groups excluding carboxylic acids is 3. The summed E-state index contributed by atoms with van der Waals surface area (Å²) in [7, 11) is 0. The molecule has 0 radical (unpaired) electrons. The summed E-state index contributed by atoms with van der Waals surface area (Å²) in [5, 5.41) is 0. The van der Waals surface area contributed by atoms with E-state index in [2.05, 4.69) is 34.6 Å². The van der Waals surface area contributed by atoms with Gasteiger partial charge in [-0.15, -0.1) is 0 Å². The Bertz CT molecular complexity index is 978. The Balaban J connectivity index is 4.28. The molecule has 0 N–H and O–H groups in total. The highest BCUT2D eigenvalue weighted by molar-refractivity contribution is 5.71. The van der Waals surface area contributed by atoms with Crippen LogP contribution in [0.5, 0.6) is 0 Å². The number of carbonyl (C=O) groups is 3. The molecule has 0 aliphatic heterocycles. The number of rotatable bonds is 52. The lowest BCUT2D eigenvalue weighted by Gasteiger charge is -2.18. The molecule has 0 aromatic heterocycles. The third-order valence-electron chi connectivity index (χ3n) is 13.2. The van der Waals surface area contributed by atoms with Crippen molar-refractivity contribution in [1.82, 2.24) is 0 Å². The van der Waals surface area contributed by atoms with E-state index in [-0.39, 0.29) is 31.1 Å². The molecule has 0 heterocycles. The normalized spacial score (nSPS) is 12.0. The highest BCUT2D eigenvalue weighted by Crippen LogP contribution is 2.18. The molecule has 0 rings (SSSR count). The van der Waals surface area contributed by atoms with Gasteiger partial charge in [-0.2, -0.15) is 0 Å². The number of unbranched alkanes of at least 4 members (excludes halogenated alkanes) is 37. The fourth-order valence-electron chi connectivity index (χ4n) is 8.87. The number of ether oxygens (including phenoxy) is 3. The first-order chi connectivity index (χ1) is 31.2. The van der Waals surface area contributed by atoms with E-state index >= 15 is 0 Å². The van der Waals surface area contributed by atoms with Gasteiger partial charge in [0.25, 0.3) is 0 Å². The smallest absolute Gasteiger partial charge is 0.306 e. The predicted octanol–water partition coefficient (Wildman–Crippen LogP) is 18.9. The summed E-state index contributed by atoms with van der Waals surface area (Å²) in [4.78, 5) is 38.1. The average molecular weight is 906 g/mol. The zero-order valence-electron chi connectivity index (χ0n) is 43.9. The summed E-state index contributed by atoms with van der Waals surface area (Å²) in [6, 6.07) is 0. The lowest BCUT2D eigenvalue weighted by atomic mass is 10.0. The molecule has 0 aliphatic carbocycles. The summed E-state index contributed by atoms with van der Waals surface area (Å²) in [6.07, 6.45) is 53.8. The Labute approximate surface area is 399 Å². The zero-order chi connectivity index (χ0) is 46.8. The van der Waals surface area contributed by atoms with Crippen LogP contribution in [0.15, 0.2) is 0 Å². The van der Waals surface area contributed by atoms with Gasteiger partial charge in [0, 0.05) is 19.3 Å². The van der Waals surface area contributed by atoms with Crippen LogP contribution in [0.4, 0.5) is 0 Å². The molecule has 0 spiro atoms. The third kappa shape index (κ3) is 51.4. The Kier molecular flexibility index (Phi) is 49.6. The van der Waals surface area contributed by atoms with Gasteiger partial charge < -0.3 is 14.2 Å². The minimum Gasteiger partial charge on any atom is -0.462 e. The maximum absolute atomic E-state index is 12.9. The summed E-state index contributed by atoms with van der Waals surface area (Å²) in [5.41, 5.74) is 0. The molecule has 6 nitrogen and oxygen atoms in total. The van der Waals surface area contributed by atoms with E-state index in [4.69, 9.17) is 14.2 Å². The first-order valence-corrected chi connectivity index (χ1v) is 28.7.